The highest BCUT2D eigenvalue weighted by molar-refractivity contribution is 5.90. The van der Waals surface area contributed by atoms with Crippen molar-refractivity contribution in [2.24, 2.45) is 5.73 Å². The quantitative estimate of drug-likeness (QED) is 0.728. The van der Waals surface area contributed by atoms with Gasteiger partial charge in [-0.05, 0) is 30.2 Å². The van der Waals surface area contributed by atoms with Gasteiger partial charge in [0, 0.05) is 6.54 Å². The Morgan fingerprint density at radius 1 is 1.64 bits per heavy atom. The van der Waals surface area contributed by atoms with Crippen LogP contribution in [0.4, 0.5) is 0 Å². The van der Waals surface area contributed by atoms with Crippen molar-refractivity contribution in [3.05, 3.63) is 34.4 Å². The average Bonchev–Trinajstić information content (AvgIpc) is 2.17. The zero-order chi connectivity index (χ0) is 10.7. The van der Waals surface area contributed by atoms with Crippen LogP contribution in [0, 0.1) is 18.3 Å². The van der Waals surface area contributed by atoms with Crippen LogP contribution in [0.25, 0.3) is 0 Å². The summed E-state index contributed by atoms with van der Waals surface area (Å²) in [6.45, 7) is 1.93. The van der Waals surface area contributed by atoms with E-state index in [0.29, 0.717) is 16.7 Å². The number of hydrogen-bond donors (Lipinski definition) is 2. The molecule has 4 nitrogen and oxygen atoms in total. The molecule has 0 aliphatic rings. The van der Waals surface area contributed by atoms with Gasteiger partial charge in [-0.15, -0.1) is 0 Å². The highest BCUT2D eigenvalue weighted by Gasteiger charge is 2.11. The lowest BCUT2D eigenvalue weighted by molar-refractivity contribution is 0.0696. The molecule has 0 amide bonds. The predicted molar refractivity (Wildman–Crippen MR) is 50.7 cm³/mol. The average molecular weight is 190 g/mol. The first-order valence-electron chi connectivity index (χ1n) is 4.07. The van der Waals surface area contributed by atoms with E-state index in [1.807, 2.05) is 6.07 Å². The number of rotatable bonds is 2. The van der Waals surface area contributed by atoms with Crippen LogP contribution in [0.15, 0.2) is 12.1 Å². The van der Waals surface area contributed by atoms with Gasteiger partial charge in [0.05, 0.1) is 17.2 Å². The number of carboxylic acid groups (broad SMARTS) is 1. The van der Waals surface area contributed by atoms with E-state index in [1.165, 1.54) is 6.07 Å². The summed E-state index contributed by atoms with van der Waals surface area (Å²) in [7, 11) is 0. The van der Waals surface area contributed by atoms with Gasteiger partial charge in [0.15, 0.2) is 0 Å². The molecule has 0 radical (unpaired) electrons. The molecule has 72 valence electrons. The van der Waals surface area contributed by atoms with E-state index in [9.17, 15) is 4.79 Å². The highest BCUT2D eigenvalue weighted by Crippen LogP contribution is 2.16. The van der Waals surface area contributed by atoms with Crippen molar-refractivity contribution in [1.29, 1.82) is 5.26 Å². The number of benzene rings is 1. The first kappa shape index (κ1) is 10.2. The number of carboxylic acids is 1. The molecule has 1 rings (SSSR count). The number of aromatic carboxylic acids is 1. The molecule has 1 aromatic rings. The van der Waals surface area contributed by atoms with E-state index >= 15 is 0 Å². The topological polar surface area (TPSA) is 87.1 Å². The minimum Gasteiger partial charge on any atom is -0.478 e. The van der Waals surface area contributed by atoms with Gasteiger partial charge in [-0.2, -0.15) is 5.26 Å². The van der Waals surface area contributed by atoms with Crippen molar-refractivity contribution in [3.63, 3.8) is 0 Å². The standard InChI is InChI=1S/C10H10N2O2/c1-6-8(5-12)2-7(4-11)3-9(6)10(13)14/h2-3H,5,12H2,1H3,(H,13,14). The number of nitrogens with zero attached hydrogens (tertiary/aromatic N) is 1. The van der Waals surface area contributed by atoms with Crippen LogP contribution >= 0.6 is 0 Å². The zero-order valence-electron chi connectivity index (χ0n) is 7.74. The fraction of sp³-hybridized carbons (Fsp3) is 0.200. The SMILES string of the molecule is Cc1c(CN)cc(C#N)cc1C(=O)O. The maximum atomic E-state index is 10.8. The number of nitrogens with two attached hydrogens (primary N) is 1. The summed E-state index contributed by atoms with van der Waals surface area (Å²) in [5.74, 6) is -1.03. The summed E-state index contributed by atoms with van der Waals surface area (Å²) < 4.78 is 0. The molecule has 0 saturated carbocycles. The van der Waals surface area contributed by atoms with Gasteiger partial charge < -0.3 is 10.8 Å². The molecule has 1 aromatic carbocycles. The third-order valence-corrected chi connectivity index (χ3v) is 2.09. The molecule has 0 aliphatic carbocycles. The highest BCUT2D eigenvalue weighted by atomic mass is 16.4. The van der Waals surface area contributed by atoms with Crippen LogP contribution in [-0.4, -0.2) is 11.1 Å². The van der Waals surface area contributed by atoms with Gasteiger partial charge in [-0.3, -0.25) is 0 Å². The van der Waals surface area contributed by atoms with Crippen molar-refractivity contribution >= 4 is 5.97 Å². The summed E-state index contributed by atoms with van der Waals surface area (Å²) in [6.07, 6.45) is 0. The molecule has 0 fully saturated rings. The fourth-order valence-corrected chi connectivity index (χ4v) is 1.27. The largest absolute Gasteiger partial charge is 0.478 e. The molecular weight excluding hydrogens is 180 g/mol. The van der Waals surface area contributed by atoms with Crippen molar-refractivity contribution in [3.8, 4) is 6.07 Å². The maximum absolute atomic E-state index is 10.8. The summed E-state index contributed by atoms with van der Waals surface area (Å²) >= 11 is 0. The van der Waals surface area contributed by atoms with Gasteiger partial charge >= 0.3 is 5.97 Å². The monoisotopic (exact) mass is 190 g/mol. The Bertz CT molecular complexity index is 419. The summed E-state index contributed by atoms with van der Waals surface area (Å²) in [4.78, 5) is 10.8. The van der Waals surface area contributed by atoms with Crippen LogP contribution in [0.3, 0.4) is 0 Å². The summed E-state index contributed by atoms with van der Waals surface area (Å²) in [6, 6.07) is 4.88. The lowest BCUT2D eigenvalue weighted by Gasteiger charge is -2.07. The van der Waals surface area contributed by atoms with E-state index in [0.717, 1.165) is 0 Å². The first-order valence-corrected chi connectivity index (χ1v) is 4.07. The van der Waals surface area contributed by atoms with Crippen molar-refractivity contribution in [2.75, 3.05) is 0 Å². The van der Waals surface area contributed by atoms with Crippen molar-refractivity contribution in [1.82, 2.24) is 0 Å². The Morgan fingerprint density at radius 3 is 2.71 bits per heavy atom. The van der Waals surface area contributed by atoms with Crippen molar-refractivity contribution < 1.29 is 9.90 Å². The normalized spacial score (nSPS) is 9.50. The molecule has 0 saturated heterocycles. The predicted octanol–water partition coefficient (Wildman–Crippen LogP) is 1.02. The molecular formula is C10H10N2O2. The van der Waals surface area contributed by atoms with Crippen molar-refractivity contribution in [2.45, 2.75) is 13.5 Å². The van der Waals surface area contributed by atoms with Gasteiger partial charge in [0.2, 0.25) is 0 Å². The first-order chi connectivity index (χ1) is 6.60. The molecule has 0 aromatic heterocycles. The molecule has 0 bridgehead atoms. The molecule has 0 spiro atoms. The van der Waals surface area contributed by atoms with E-state index < -0.39 is 5.97 Å². The molecule has 4 heteroatoms. The molecule has 14 heavy (non-hydrogen) atoms. The Labute approximate surface area is 81.6 Å². The van der Waals surface area contributed by atoms with Crippen LogP contribution in [0.1, 0.15) is 27.0 Å². The van der Waals surface area contributed by atoms with Crippen LogP contribution < -0.4 is 5.73 Å². The maximum Gasteiger partial charge on any atom is 0.336 e. The van der Waals surface area contributed by atoms with Crippen LogP contribution in [0.5, 0.6) is 0 Å². The third kappa shape index (κ3) is 1.73. The second-order valence-corrected chi connectivity index (χ2v) is 2.93. The van der Waals surface area contributed by atoms with Crippen LogP contribution in [-0.2, 0) is 6.54 Å². The van der Waals surface area contributed by atoms with Gasteiger partial charge in [0.1, 0.15) is 0 Å². The smallest absolute Gasteiger partial charge is 0.336 e. The molecule has 3 N–H and O–H groups in total. The second-order valence-electron chi connectivity index (χ2n) is 2.93. The second kappa shape index (κ2) is 3.90. The summed E-state index contributed by atoms with van der Waals surface area (Å²) in [5, 5.41) is 17.5. The summed E-state index contributed by atoms with van der Waals surface area (Å²) in [5.41, 5.74) is 7.23. The van der Waals surface area contributed by atoms with E-state index in [4.69, 9.17) is 16.1 Å². The number of hydrogen-bond acceptors (Lipinski definition) is 3. The number of carbonyl (C=O) groups is 1. The van der Waals surface area contributed by atoms with E-state index in [-0.39, 0.29) is 12.1 Å². The minimum absolute atomic E-state index is 0.143. The zero-order valence-corrected chi connectivity index (χ0v) is 7.74. The van der Waals surface area contributed by atoms with Gasteiger partial charge in [0.25, 0.3) is 0 Å². The fourth-order valence-electron chi connectivity index (χ4n) is 1.27. The molecule has 0 aliphatic heterocycles. The van der Waals surface area contributed by atoms with E-state index in [2.05, 4.69) is 0 Å². The lowest BCUT2D eigenvalue weighted by Crippen LogP contribution is -2.07. The minimum atomic E-state index is -1.03. The molecule has 0 unspecified atom stereocenters. The Hall–Kier alpha value is -1.86. The van der Waals surface area contributed by atoms with Gasteiger partial charge in [-0.1, -0.05) is 0 Å². The molecule has 0 heterocycles. The third-order valence-electron chi connectivity index (χ3n) is 2.09. The Kier molecular flexibility index (Phi) is 2.85. The molecule has 0 atom stereocenters. The van der Waals surface area contributed by atoms with Crippen LogP contribution in [0.2, 0.25) is 0 Å². The van der Waals surface area contributed by atoms with E-state index in [1.54, 1.807) is 13.0 Å². The lowest BCUT2D eigenvalue weighted by atomic mass is 9.99. The number of nitriles is 1. The Morgan fingerprint density at radius 2 is 2.29 bits per heavy atom. The van der Waals surface area contributed by atoms with Gasteiger partial charge in [-0.25, -0.2) is 4.79 Å². The Balaban J connectivity index is 3.44.